The largest absolute Gasteiger partial charge is 0.507 e. The quantitative estimate of drug-likeness (QED) is 0.671. The standard InChI is InChI=1S/C11H8BrClN4O/c12-8-1-2-9(18)7(5-8)6-16-17-11-10(13)14-3-4-15-11/h1-6,18H,(H,15,17)/b16-6+. The van der Waals surface area contributed by atoms with Crippen molar-refractivity contribution < 1.29 is 5.11 Å². The molecule has 0 spiro atoms. The predicted molar refractivity (Wildman–Crippen MR) is 74.1 cm³/mol. The Labute approximate surface area is 117 Å². The Kier molecular flexibility index (Phi) is 4.11. The van der Waals surface area contributed by atoms with Crippen LogP contribution in [0.15, 0.2) is 40.2 Å². The summed E-state index contributed by atoms with van der Waals surface area (Å²) in [5, 5.41) is 13.8. The van der Waals surface area contributed by atoms with Crippen molar-refractivity contribution >= 4 is 39.6 Å². The Hall–Kier alpha value is -1.66. The lowest BCUT2D eigenvalue weighted by atomic mass is 10.2. The molecule has 0 unspecified atom stereocenters. The summed E-state index contributed by atoms with van der Waals surface area (Å²) < 4.78 is 0.847. The van der Waals surface area contributed by atoms with Gasteiger partial charge >= 0.3 is 0 Å². The highest BCUT2D eigenvalue weighted by Crippen LogP contribution is 2.20. The molecule has 1 aromatic heterocycles. The smallest absolute Gasteiger partial charge is 0.184 e. The maximum absolute atomic E-state index is 9.59. The second-order valence-corrected chi connectivity index (χ2v) is 4.54. The van der Waals surface area contributed by atoms with Crippen molar-refractivity contribution in [2.75, 3.05) is 5.43 Å². The average Bonchev–Trinajstić information content (AvgIpc) is 2.36. The summed E-state index contributed by atoms with van der Waals surface area (Å²) in [5.41, 5.74) is 3.21. The molecule has 0 atom stereocenters. The van der Waals surface area contributed by atoms with E-state index in [2.05, 4.69) is 36.4 Å². The van der Waals surface area contributed by atoms with Gasteiger partial charge in [-0.3, -0.25) is 5.43 Å². The van der Waals surface area contributed by atoms with Gasteiger partial charge in [0, 0.05) is 22.4 Å². The summed E-state index contributed by atoms with van der Waals surface area (Å²) in [4.78, 5) is 7.80. The van der Waals surface area contributed by atoms with E-state index in [-0.39, 0.29) is 10.9 Å². The number of nitrogens with one attached hydrogen (secondary N) is 1. The number of hydrazone groups is 1. The molecule has 2 rings (SSSR count). The van der Waals surface area contributed by atoms with Crippen LogP contribution in [0.4, 0.5) is 5.82 Å². The minimum atomic E-state index is 0.133. The van der Waals surface area contributed by atoms with Gasteiger partial charge in [-0.25, -0.2) is 9.97 Å². The first-order valence-corrected chi connectivity index (χ1v) is 6.08. The highest BCUT2D eigenvalue weighted by molar-refractivity contribution is 9.10. The molecule has 7 heteroatoms. The van der Waals surface area contributed by atoms with Gasteiger partial charge in [-0.15, -0.1) is 0 Å². The summed E-state index contributed by atoms with van der Waals surface area (Å²) >= 11 is 9.10. The third-order valence-corrected chi connectivity index (χ3v) is 2.79. The van der Waals surface area contributed by atoms with Crippen molar-refractivity contribution in [3.8, 4) is 5.75 Å². The normalized spacial score (nSPS) is 10.8. The number of hydrogen-bond donors (Lipinski definition) is 2. The lowest BCUT2D eigenvalue weighted by Gasteiger charge is -2.01. The fourth-order valence-electron chi connectivity index (χ4n) is 1.19. The molecule has 2 aromatic rings. The van der Waals surface area contributed by atoms with Crippen molar-refractivity contribution in [2.45, 2.75) is 0 Å². The van der Waals surface area contributed by atoms with Crippen LogP contribution >= 0.6 is 27.5 Å². The predicted octanol–water partition coefficient (Wildman–Crippen LogP) is 3.04. The van der Waals surface area contributed by atoms with Gasteiger partial charge < -0.3 is 5.11 Å². The Morgan fingerprint density at radius 2 is 2.11 bits per heavy atom. The Balaban J connectivity index is 2.12. The lowest BCUT2D eigenvalue weighted by Crippen LogP contribution is -1.95. The van der Waals surface area contributed by atoms with E-state index in [1.165, 1.54) is 18.6 Å². The number of nitrogens with zero attached hydrogens (tertiary/aromatic N) is 3. The first-order valence-electron chi connectivity index (χ1n) is 4.91. The van der Waals surface area contributed by atoms with Crippen molar-refractivity contribution in [3.05, 3.63) is 45.8 Å². The summed E-state index contributed by atoms with van der Waals surface area (Å²) in [6.07, 6.45) is 4.45. The fourth-order valence-corrected chi connectivity index (χ4v) is 1.71. The number of aromatic nitrogens is 2. The zero-order valence-corrected chi connectivity index (χ0v) is 11.4. The number of benzene rings is 1. The molecule has 5 nitrogen and oxygen atoms in total. The van der Waals surface area contributed by atoms with Crippen LogP contribution in [0.5, 0.6) is 5.75 Å². The monoisotopic (exact) mass is 326 g/mol. The van der Waals surface area contributed by atoms with Gasteiger partial charge in [0.1, 0.15) is 5.75 Å². The summed E-state index contributed by atoms with van der Waals surface area (Å²) in [7, 11) is 0. The highest BCUT2D eigenvalue weighted by Gasteiger charge is 2.00. The van der Waals surface area contributed by atoms with Crippen molar-refractivity contribution in [1.82, 2.24) is 9.97 Å². The molecule has 1 aromatic carbocycles. The minimum absolute atomic E-state index is 0.133. The topological polar surface area (TPSA) is 70.4 Å². The zero-order valence-electron chi connectivity index (χ0n) is 9.01. The van der Waals surface area contributed by atoms with Crippen LogP contribution in [0.2, 0.25) is 5.15 Å². The Morgan fingerprint density at radius 3 is 2.89 bits per heavy atom. The van der Waals surface area contributed by atoms with E-state index < -0.39 is 0 Å². The second-order valence-electron chi connectivity index (χ2n) is 3.27. The number of rotatable bonds is 3. The number of halogens is 2. The molecule has 2 N–H and O–H groups in total. The first kappa shape index (κ1) is 12.8. The first-order chi connectivity index (χ1) is 8.66. The van der Waals surface area contributed by atoms with E-state index in [1.54, 1.807) is 18.2 Å². The highest BCUT2D eigenvalue weighted by atomic mass is 79.9. The lowest BCUT2D eigenvalue weighted by molar-refractivity contribution is 0.474. The fraction of sp³-hybridized carbons (Fsp3) is 0. The van der Waals surface area contributed by atoms with E-state index in [0.717, 1.165) is 4.47 Å². The van der Waals surface area contributed by atoms with Gasteiger partial charge in [-0.2, -0.15) is 5.10 Å². The molecule has 18 heavy (non-hydrogen) atoms. The molecule has 0 aliphatic carbocycles. The minimum Gasteiger partial charge on any atom is -0.507 e. The van der Waals surface area contributed by atoms with E-state index in [9.17, 15) is 5.11 Å². The molecule has 0 saturated carbocycles. The molecule has 0 aliphatic heterocycles. The summed E-state index contributed by atoms with van der Waals surface area (Å²) in [6.45, 7) is 0. The second kappa shape index (κ2) is 5.79. The van der Waals surface area contributed by atoms with Crippen molar-refractivity contribution in [3.63, 3.8) is 0 Å². The SMILES string of the molecule is Oc1ccc(Br)cc1/C=N/Nc1nccnc1Cl. The third kappa shape index (κ3) is 3.18. The molecule has 0 radical (unpaired) electrons. The van der Waals surface area contributed by atoms with Crippen LogP contribution < -0.4 is 5.43 Å². The van der Waals surface area contributed by atoms with Crippen LogP contribution in [0, 0.1) is 0 Å². The number of hydrogen-bond acceptors (Lipinski definition) is 5. The number of phenolic OH excluding ortho intramolecular Hbond substituents is 1. The maximum Gasteiger partial charge on any atom is 0.184 e. The van der Waals surface area contributed by atoms with Crippen LogP contribution in [-0.2, 0) is 0 Å². The van der Waals surface area contributed by atoms with E-state index >= 15 is 0 Å². The molecule has 0 aliphatic rings. The molecule has 1 heterocycles. The molecule has 0 bridgehead atoms. The molecular weight excluding hydrogens is 320 g/mol. The van der Waals surface area contributed by atoms with Crippen molar-refractivity contribution in [1.29, 1.82) is 0 Å². The molecule has 0 fully saturated rings. The van der Waals surface area contributed by atoms with Gasteiger partial charge in [0.25, 0.3) is 0 Å². The van der Waals surface area contributed by atoms with Gasteiger partial charge in [0.05, 0.1) is 6.21 Å². The van der Waals surface area contributed by atoms with Crippen LogP contribution in [0.3, 0.4) is 0 Å². The van der Waals surface area contributed by atoms with Crippen LogP contribution in [-0.4, -0.2) is 21.3 Å². The molecule has 92 valence electrons. The zero-order chi connectivity index (χ0) is 13.0. The van der Waals surface area contributed by atoms with Gasteiger partial charge in [-0.1, -0.05) is 27.5 Å². The Bertz CT molecular complexity index is 591. The van der Waals surface area contributed by atoms with Gasteiger partial charge in [0.15, 0.2) is 11.0 Å². The van der Waals surface area contributed by atoms with E-state index in [4.69, 9.17) is 11.6 Å². The Morgan fingerprint density at radius 1 is 1.33 bits per heavy atom. The third-order valence-electron chi connectivity index (χ3n) is 2.02. The number of phenols is 1. The van der Waals surface area contributed by atoms with E-state index in [0.29, 0.717) is 11.4 Å². The average molecular weight is 328 g/mol. The van der Waals surface area contributed by atoms with Crippen LogP contribution in [0.1, 0.15) is 5.56 Å². The van der Waals surface area contributed by atoms with Crippen LogP contribution in [0.25, 0.3) is 0 Å². The summed E-state index contributed by atoms with van der Waals surface area (Å²) in [6, 6.07) is 5.04. The molecule has 0 amide bonds. The summed E-state index contributed by atoms with van der Waals surface area (Å²) in [5.74, 6) is 0.485. The van der Waals surface area contributed by atoms with Gasteiger partial charge in [0.2, 0.25) is 0 Å². The van der Waals surface area contributed by atoms with Crippen molar-refractivity contribution in [2.24, 2.45) is 5.10 Å². The molecule has 0 saturated heterocycles. The number of aromatic hydroxyl groups is 1. The molecular formula is C11H8BrClN4O. The number of anilines is 1. The van der Waals surface area contributed by atoms with Gasteiger partial charge in [-0.05, 0) is 18.2 Å². The maximum atomic E-state index is 9.59. The van der Waals surface area contributed by atoms with E-state index in [1.807, 2.05) is 0 Å².